The average molecular weight is 530 g/mol. The molecule has 1 N–H and O–H groups in total. The Kier molecular flexibility index (Phi) is 6.08. The molecule has 150 valence electrons. The number of likely N-dealkylation sites (tertiary alicyclic amines) is 1. The van der Waals surface area contributed by atoms with Gasteiger partial charge in [0.15, 0.2) is 0 Å². The van der Waals surface area contributed by atoms with Gasteiger partial charge in [0.25, 0.3) is 0 Å². The lowest BCUT2D eigenvalue weighted by atomic mass is 9.76. The van der Waals surface area contributed by atoms with Gasteiger partial charge in [-0.25, -0.2) is 0 Å². The molecular formula is C22H26Br2ClN2O+. The minimum Gasteiger partial charge on any atom is -0.301 e. The van der Waals surface area contributed by atoms with Crippen LogP contribution in [0, 0.1) is 5.92 Å². The molecule has 1 fully saturated rings. The van der Waals surface area contributed by atoms with Gasteiger partial charge in [-0.05, 0) is 104 Å². The van der Waals surface area contributed by atoms with Gasteiger partial charge in [0.2, 0.25) is 11.9 Å². The Morgan fingerprint density at radius 3 is 2.46 bits per heavy atom. The van der Waals surface area contributed by atoms with E-state index < -0.39 is 0 Å². The molecule has 6 heteroatoms. The summed E-state index contributed by atoms with van der Waals surface area (Å²) in [6.07, 6.45) is 5.86. The second kappa shape index (κ2) is 8.25. The highest BCUT2D eigenvalue weighted by Gasteiger charge is 2.41. The number of halogens is 3. The van der Waals surface area contributed by atoms with Crippen molar-refractivity contribution in [2.75, 3.05) is 13.1 Å². The van der Waals surface area contributed by atoms with Crippen molar-refractivity contribution in [2.45, 2.75) is 51.5 Å². The van der Waals surface area contributed by atoms with E-state index in [-0.39, 0.29) is 5.92 Å². The van der Waals surface area contributed by atoms with E-state index in [2.05, 4.69) is 62.7 Å². The van der Waals surface area contributed by atoms with E-state index in [0.29, 0.717) is 12.0 Å². The number of hydrogen-bond donors (Lipinski definition) is 1. The molecular weight excluding hydrogens is 504 g/mol. The molecule has 1 aliphatic carbocycles. The van der Waals surface area contributed by atoms with E-state index in [9.17, 15) is 5.21 Å². The molecule has 0 saturated carbocycles. The standard InChI is InChI=1S/C22H26Br2ClN2O/c1-13(2)26-7-5-14(6-8-26)21-20-15(10-18(25)11-19(20)24)3-4-16-9-17(23)12-27(28)22(16)21/h9-14,21,28H,3-8H2,1-2H3/q+1/t21-/m1/s1. The van der Waals surface area contributed by atoms with Gasteiger partial charge in [-0.15, -0.1) is 0 Å². The van der Waals surface area contributed by atoms with Gasteiger partial charge in [-0.2, -0.15) is 0 Å². The van der Waals surface area contributed by atoms with Crippen molar-refractivity contribution >= 4 is 43.5 Å². The summed E-state index contributed by atoms with van der Waals surface area (Å²) in [6.45, 7) is 6.76. The van der Waals surface area contributed by atoms with E-state index in [1.165, 1.54) is 21.4 Å². The average Bonchev–Trinajstić information content (AvgIpc) is 2.79. The molecule has 0 radical (unpaired) electrons. The molecule has 0 bridgehead atoms. The Bertz CT molecular complexity index is 835. The van der Waals surface area contributed by atoms with E-state index in [1.807, 2.05) is 6.07 Å². The summed E-state index contributed by atoms with van der Waals surface area (Å²) in [5.74, 6) is 0.647. The third-order valence-electron chi connectivity index (χ3n) is 6.36. The first kappa shape index (κ1) is 20.6. The van der Waals surface area contributed by atoms with Crippen molar-refractivity contribution in [1.82, 2.24) is 4.90 Å². The van der Waals surface area contributed by atoms with Crippen LogP contribution >= 0.6 is 43.5 Å². The lowest BCUT2D eigenvalue weighted by molar-refractivity contribution is -0.911. The predicted octanol–water partition coefficient (Wildman–Crippen LogP) is 5.74. The van der Waals surface area contributed by atoms with Crippen LogP contribution in [-0.2, 0) is 12.8 Å². The zero-order valence-electron chi connectivity index (χ0n) is 16.3. The highest BCUT2D eigenvalue weighted by atomic mass is 79.9. The molecule has 1 saturated heterocycles. The summed E-state index contributed by atoms with van der Waals surface area (Å²) >= 11 is 13.7. The summed E-state index contributed by atoms with van der Waals surface area (Å²) in [6, 6.07) is 6.86. The highest BCUT2D eigenvalue weighted by molar-refractivity contribution is 9.10. The second-order valence-electron chi connectivity index (χ2n) is 8.32. The van der Waals surface area contributed by atoms with Crippen LogP contribution in [0.25, 0.3) is 0 Å². The number of aromatic nitrogens is 1. The topological polar surface area (TPSA) is 27.4 Å². The molecule has 3 nitrogen and oxygen atoms in total. The molecule has 0 spiro atoms. The van der Waals surface area contributed by atoms with Gasteiger partial charge in [-0.3, -0.25) is 5.21 Å². The fourth-order valence-electron chi connectivity index (χ4n) is 4.98. The number of nitrogens with zero attached hydrogens (tertiary/aromatic N) is 2. The largest absolute Gasteiger partial charge is 0.301 e. The van der Waals surface area contributed by atoms with E-state index in [0.717, 1.165) is 58.4 Å². The molecule has 2 aromatic rings. The van der Waals surface area contributed by atoms with Crippen molar-refractivity contribution in [3.63, 3.8) is 0 Å². The first-order valence-electron chi connectivity index (χ1n) is 10.00. The first-order valence-corrected chi connectivity index (χ1v) is 12.0. The molecule has 0 amide bonds. The molecule has 2 heterocycles. The number of rotatable bonds is 2. The number of fused-ring (bicyclic) bond motifs is 2. The number of pyridine rings is 1. The summed E-state index contributed by atoms with van der Waals surface area (Å²) in [7, 11) is 0. The molecule has 2 aliphatic rings. The van der Waals surface area contributed by atoms with Gasteiger partial charge in [0.05, 0.1) is 10.4 Å². The summed E-state index contributed by atoms with van der Waals surface area (Å²) in [5, 5.41) is 11.7. The Labute approximate surface area is 188 Å². The van der Waals surface area contributed by atoms with Crippen LogP contribution in [-0.4, -0.2) is 29.2 Å². The molecule has 1 aromatic carbocycles. The van der Waals surface area contributed by atoms with Crippen molar-refractivity contribution in [2.24, 2.45) is 5.92 Å². The van der Waals surface area contributed by atoms with Crippen LogP contribution in [0.2, 0.25) is 5.02 Å². The molecule has 28 heavy (non-hydrogen) atoms. The Morgan fingerprint density at radius 1 is 1.11 bits per heavy atom. The minimum absolute atomic E-state index is 0.159. The van der Waals surface area contributed by atoms with Gasteiger partial charge in [-0.1, -0.05) is 27.5 Å². The van der Waals surface area contributed by atoms with Crippen molar-refractivity contribution in [3.05, 3.63) is 60.7 Å². The van der Waals surface area contributed by atoms with Crippen LogP contribution < -0.4 is 4.73 Å². The third kappa shape index (κ3) is 3.88. The molecule has 4 rings (SSSR count). The van der Waals surface area contributed by atoms with Crippen molar-refractivity contribution in [1.29, 1.82) is 0 Å². The van der Waals surface area contributed by atoms with Gasteiger partial charge in [0, 0.05) is 25.8 Å². The summed E-state index contributed by atoms with van der Waals surface area (Å²) in [4.78, 5) is 2.56. The van der Waals surface area contributed by atoms with E-state index in [1.54, 1.807) is 6.20 Å². The lowest BCUT2D eigenvalue weighted by Crippen LogP contribution is -2.43. The van der Waals surface area contributed by atoms with Crippen LogP contribution in [0.5, 0.6) is 0 Å². The minimum atomic E-state index is 0.159. The van der Waals surface area contributed by atoms with Gasteiger partial charge in [0.1, 0.15) is 0 Å². The van der Waals surface area contributed by atoms with Crippen LogP contribution in [0.15, 0.2) is 33.3 Å². The fourth-order valence-corrected chi connectivity index (χ4v) is 6.57. The monoisotopic (exact) mass is 527 g/mol. The lowest BCUT2D eigenvalue weighted by Gasteiger charge is -2.37. The van der Waals surface area contributed by atoms with Gasteiger partial charge >= 0.3 is 0 Å². The summed E-state index contributed by atoms with van der Waals surface area (Å²) in [5.41, 5.74) is 4.85. The summed E-state index contributed by atoms with van der Waals surface area (Å²) < 4.78 is 3.32. The smallest absolute Gasteiger partial charge is 0.245 e. The van der Waals surface area contributed by atoms with Crippen LogP contribution in [0.3, 0.4) is 0 Å². The van der Waals surface area contributed by atoms with Crippen molar-refractivity contribution in [3.8, 4) is 0 Å². The normalized spacial score (nSPS) is 20.7. The Hall–Kier alpha value is -0.620. The molecule has 0 unspecified atom stereocenters. The Balaban J connectivity index is 1.84. The zero-order chi connectivity index (χ0) is 20.0. The molecule has 1 atom stereocenters. The van der Waals surface area contributed by atoms with E-state index in [4.69, 9.17) is 11.6 Å². The number of benzene rings is 1. The SMILES string of the molecule is CC(C)N1CCC([C@@H]2c3c(Br)cc(Cl)cc3CCc3cc(Br)c[n+](O)c32)CC1. The fraction of sp³-hybridized carbons (Fsp3) is 0.500. The van der Waals surface area contributed by atoms with Gasteiger partial charge < -0.3 is 4.90 Å². The second-order valence-corrected chi connectivity index (χ2v) is 10.5. The first-order chi connectivity index (χ1) is 13.3. The number of aryl methyl sites for hydroxylation is 2. The number of hydrogen-bond acceptors (Lipinski definition) is 2. The van der Waals surface area contributed by atoms with E-state index >= 15 is 0 Å². The maximum Gasteiger partial charge on any atom is 0.245 e. The molecule has 1 aromatic heterocycles. The van der Waals surface area contributed by atoms with Crippen molar-refractivity contribution < 1.29 is 9.94 Å². The van der Waals surface area contributed by atoms with Crippen LogP contribution in [0.1, 0.15) is 55.0 Å². The van der Waals surface area contributed by atoms with Crippen LogP contribution in [0.4, 0.5) is 0 Å². The quantitative estimate of drug-likeness (QED) is 0.397. The third-order valence-corrected chi connectivity index (χ3v) is 7.67. The highest BCUT2D eigenvalue weighted by Crippen LogP contribution is 2.45. The number of piperidine rings is 1. The molecule has 1 aliphatic heterocycles. The maximum atomic E-state index is 10.9. The predicted molar refractivity (Wildman–Crippen MR) is 119 cm³/mol. The zero-order valence-corrected chi connectivity index (χ0v) is 20.2. The Morgan fingerprint density at radius 2 is 1.79 bits per heavy atom. The maximum absolute atomic E-state index is 10.9.